The van der Waals surface area contributed by atoms with E-state index in [2.05, 4.69) is 0 Å². The Balaban J connectivity index is 2.00. The van der Waals surface area contributed by atoms with Crippen LogP contribution in [-0.4, -0.2) is 4.92 Å². The summed E-state index contributed by atoms with van der Waals surface area (Å²) in [6.45, 7) is 0. The van der Waals surface area contributed by atoms with Gasteiger partial charge in [-0.15, -0.1) is 11.8 Å². The molecule has 5 heteroatoms. The number of nitro benzene ring substituents is 1. The van der Waals surface area contributed by atoms with Crippen LogP contribution in [0.2, 0.25) is 0 Å². The van der Waals surface area contributed by atoms with Gasteiger partial charge >= 0.3 is 0 Å². The number of hydrogen-bond acceptors (Lipinski definition) is 3. The van der Waals surface area contributed by atoms with E-state index in [1.807, 2.05) is 6.07 Å². The van der Waals surface area contributed by atoms with Crippen LogP contribution in [-0.2, 0) is 5.75 Å². The summed E-state index contributed by atoms with van der Waals surface area (Å²) in [5, 5.41) is 10.5. The molecule has 0 aliphatic heterocycles. The van der Waals surface area contributed by atoms with Crippen molar-refractivity contribution in [2.45, 2.75) is 10.6 Å². The Labute approximate surface area is 108 Å². The summed E-state index contributed by atoms with van der Waals surface area (Å²) < 4.78 is 13.0. The van der Waals surface area contributed by atoms with Crippen LogP contribution < -0.4 is 0 Å². The molecular formula is C13H10FNO2S. The van der Waals surface area contributed by atoms with Crippen molar-refractivity contribution in [2.75, 3.05) is 0 Å². The lowest BCUT2D eigenvalue weighted by atomic mass is 10.2. The topological polar surface area (TPSA) is 43.1 Å². The number of benzene rings is 2. The molecule has 0 atom stereocenters. The van der Waals surface area contributed by atoms with Gasteiger partial charge in [-0.3, -0.25) is 10.1 Å². The first-order valence-electron chi connectivity index (χ1n) is 5.27. The molecular weight excluding hydrogens is 253 g/mol. The summed E-state index contributed by atoms with van der Waals surface area (Å²) in [7, 11) is 0. The molecule has 0 aromatic heterocycles. The van der Waals surface area contributed by atoms with Gasteiger partial charge in [0.25, 0.3) is 5.69 Å². The van der Waals surface area contributed by atoms with Gasteiger partial charge in [-0.2, -0.15) is 0 Å². The third-order valence-corrected chi connectivity index (χ3v) is 3.43. The summed E-state index contributed by atoms with van der Waals surface area (Å²) in [5.74, 6) is 0.382. The molecule has 0 saturated heterocycles. The zero-order valence-electron chi connectivity index (χ0n) is 9.38. The van der Waals surface area contributed by atoms with Gasteiger partial charge in [-0.05, 0) is 29.8 Å². The fourth-order valence-corrected chi connectivity index (χ4v) is 2.30. The van der Waals surface area contributed by atoms with Gasteiger partial charge in [0.2, 0.25) is 0 Å². The van der Waals surface area contributed by atoms with E-state index in [9.17, 15) is 14.5 Å². The molecule has 0 amide bonds. The lowest BCUT2D eigenvalue weighted by Crippen LogP contribution is -1.87. The highest BCUT2D eigenvalue weighted by Gasteiger charge is 2.04. The predicted octanol–water partition coefficient (Wildman–Crippen LogP) is 4.03. The smallest absolute Gasteiger partial charge is 0.258 e. The third kappa shape index (κ3) is 3.30. The average Bonchev–Trinajstić information content (AvgIpc) is 2.37. The first-order chi connectivity index (χ1) is 8.65. The molecule has 0 N–H and O–H groups in total. The SMILES string of the molecule is O=[N+]([O-])c1ccc(SCc2cccc(F)c2)cc1. The van der Waals surface area contributed by atoms with Crippen molar-refractivity contribution < 1.29 is 9.31 Å². The molecule has 0 fully saturated rings. The van der Waals surface area contributed by atoms with Gasteiger partial charge in [0.15, 0.2) is 0 Å². The normalized spacial score (nSPS) is 10.3. The molecule has 18 heavy (non-hydrogen) atoms. The molecule has 2 rings (SSSR count). The molecule has 0 bridgehead atoms. The van der Waals surface area contributed by atoms with E-state index < -0.39 is 4.92 Å². The lowest BCUT2D eigenvalue weighted by Gasteiger charge is -2.02. The van der Waals surface area contributed by atoms with Crippen molar-refractivity contribution in [1.82, 2.24) is 0 Å². The Hall–Kier alpha value is -1.88. The number of thioether (sulfide) groups is 1. The van der Waals surface area contributed by atoms with E-state index in [4.69, 9.17) is 0 Å². The van der Waals surface area contributed by atoms with Crippen LogP contribution in [0.1, 0.15) is 5.56 Å². The van der Waals surface area contributed by atoms with Crippen molar-refractivity contribution in [3.63, 3.8) is 0 Å². The molecule has 0 radical (unpaired) electrons. The van der Waals surface area contributed by atoms with Crippen LogP contribution in [0.15, 0.2) is 53.4 Å². The van der Waals surface area contributed by atoms with Crippen LogP contribution in [0.25, 0.3) is 0 Å². The lowest BCUT2D eigenvalue weighted by molar-refractivity contribution is -0.384. The molecule has 0 aliphatic carbocycles. The quantitative estimate of drug-likeness (QED) is 0.475. The van der Waals surface area contributed by atoms with Gasteiger partial charge in [0.1, 0.15) is 5.82 Å². The number of non-ortho nitro benzene ring substituents is 1. The molecule has 0 unspecified atom stereocenters. The fraction of sp³-hybridized carbons (Fsp3) is 0.0769. The maximum Gasteiger partial charge on any atom is 0.269 e. The van der Waals surface area contributed by atoms with Gasteiger partial charge in [0, 0.05) is 22.8 Å². The number of hydrogen-bond donors (Lipinski definition) is 0. The van der Waals surface area contributed by atoms with Crippen molar-refractivity contribution in [2.24, 2.45) is 0 Å². The standard InChI is InChI=1S/C13H10FNO2S/c14-11-3-1-2-10(8-11)9-18-13-6-4-12(5-7-13)15(16)17/h1-8H,9H2. The first kappa shape index (κ1) is 12.6. The summed E-state index contributed by atoms with van der Waals surface area (Å²) in [6.07, 6.45) is 0. The van der Waals surface area contributed by atoms with Crippen molar-refractivity contribution in [1.29, 1.82) is 0 Å². The van der Waals surface area contributed by atoms with E-state index in [1.165, 1.54) is 36.0 Å². The number of nitrogens with zero attached hydrogens (tertiary/aromatic N) is 1. The van der Waals surface area contributed by atoms with E-state index in [0.29, 0.717) is 5.75 Å². The minimum Gasteiger partial charge on any atom is -0.258 e. The maximum absolute atomic E-state index is 13.0. The highest BCUT2D eigenvalue weighted by atomic mass is 32.2. The van der Waals surface area contributed by atoms with Crippen molar-refractivity contribution in [3.05, 3.63) is 70.0 Å². The zero-order valence-corrected chi connectivity index (χ0v) is 10.2. The van der Waals surface area contributed by atoms with Crippen molar-refractivity contribution in [3.8, 4) is 0 Å². The molecule has 0 spiro atoms. The average molecular weight is 263 g/mol. The van der Waals surface area contributed by atoms with Crippen LogP contribution in [0.5, 0.6) is 0 Å². The maximum atomic E-state index is 13.0. The van der Waals surface area contributed by atoms with Crippen LogP contribution in [0, 0.1) is 15.9 Å². The highest BCUT2D eigenvalue weighted by Crippen LogP contribution is 2.24. The second-order valence-corrected chi connectivity index (χ2v) is 4.72. The largest absolute Gasteiger partial charge is 0.269 e. The molecule has 92 valence electrons. The highest BCUT2D eigenvalue weighted by molar-refractivity contribution is 7.98. The Morgan fingerprint density at radius 1 is 1.17 bits per heavy atom. The van der Waals surface area contributed by atoms with Crippen LogP contribution in [0.4, 0.5) is 10.1 Å². The molecule has 2 aromatic carbocycles. The zero-order chi connectivity index (χ0) is 13.0. The van der Waals surface area contributed by atoms with Crippen molar-refractivity contribution >= 4 is 17.4 Å². The van der Waals surface area contributed by atoms with Gasteiger partial charge in [-0.1, -0.05) is 12.1 Å². The van der Waals surface area contributed by atoms with Gasteiger partial charge in [0.05, 0.1) is 4.92 Å². The number of rotatable bonds is 4. The minimum atomic E-state index is -0.430. The van der Waals surface area contributed by atoms with Gasteiger partial charge in [-0.25, -0.2) is 4.39 Å². The summed E-state index contributed by atoms with van der Waals surface area (Å²) in [4.78, 5) is 11.0. The van der Waals surface area contributed by atoms with Crippen LogP contribution >= 0.6 is 11.8 Å². The molecule has 0 heterocycles. The molecule has 2 aromatic rings. The number of halogens is 1. The minimum absolute atomic E-state index is 0.0742. The monoisotopic (exact) mass is 263 g/mol. The molecule has 3 nitrogen and oxygen atoms in total. The third-order valence-electron chi connectivity index (χ3n) is 2.34. The van der Waals surface area contributed by atoms with Crippen LogP contribution in [0.3, 0.4) is 0 Å². The number of nitro groups is 1. The Morgan fingerprint density at radius 2 is 1.89 bits per heavy atom. The van der Waals surface area contributed by atoms with Gasteiger partial charge < -0.3 is 0 Å². The first-order valence-corrected chi connectivity index (χ1v) is 6.25. The van der Waals surface area contributed by atoms with E-state index >= 15 is 0 Å². The fourth-order valence-electron chi connectivity index (χ4n) is 1.46. The molecule has 0 aliphatic rings. The van der Waals surface area contributed by atoms with E-state index in [-0.39, 0.29) is 11.5 Å². The Morgan fingerprint density at radius 3 is 2.50 bits per heavy atom. The Bertz CT molecular complexity index is 557. The van der Waals surface area contributed by atoms with E-state index in [1.54, 1.807) is 18.2 Å². The second-order valence-electron chi connectivity index (χ2n) is 3.67. The molecule has 0 saturated carbocycles. The van der Waals surface area contributed by atoms with E-state index in [0.717, 1.165) is 10.5 Å². The summed E-state index contributed by atoms with van der Waals surface area (Å²) >= 11 is 1.51. The summed E-state index contributed by atoms with van der Waals surface area (Å²) in [6, 6.07) is 12.7. The summed E-state index contributed by atoms with van der Waals surface area (Å²) in [5.41, 5.74) is 0.962. The predicted molar refractivity (Wildman–Crippen MR) is 69.1 cm³/mol. The Kier molecular flexibility index (Phi) is 3.94. The second kappa shape index (κ2) is 5.64.